The summed E-state index contributed by atoms with van der Waals surface area (Å²) in [6.07, 6.45) is 1.48. The van der Waals surface area contributed by atoms with E-state index in [4.69, 9.17) is 0 Å². The number of halogens is 3. The lowest BCUT2D eigenvalue weighted by molar-refractivity contribution is -0.141. The number of nitriles is 1. The van der Waals surface area contributed by atoms with Crippen LogP contribution in [0.5, 0.6) is 0 Å². The first-order valence-electron chi connectivity index (χ1n) is 10.5. The quantitative estimate of drug-likeness (QED) is 0.488. The smallest absolute Gasteiger partial charge is 0.310 e. The van der Waals surface area contributed by atoms with Crippen molar-refractivity contribution in [3.05, 3.63) is 75.7 Å². The van der Waals surface area contributed by atoms with Crippen molar-refractivity contribution in [2.45, 2.75) is 43.8 Å². The number of fused-ring (bicyclic) bond motifs is 1. The molecule has 172 valence electrons. The highest BCUT2D eigenvalue weighted by molar-refractivity contribution is 5.80. The van der Waals surface area contributed by atoms with E-state index in [1.807, 2.05) is 6.07 Å². The lowest BCUT2D eigenvalue weighted by Crippen LogP contribution is -2.28. The SMILES string of the molecule is C[C@@H](c1ccc(C(F)(F)F)nc1)n1nc(C#N)c2c(=O)[nH]c([C@@H]3CC[C@H]3c3ncccn3)nc21. The van der Waals surface area contributed by atoms with Gasteiger partial charge in [0.2, 0.25) is 0 Å². The van der Waals surface area contributed by atoms with E-state index in [1.165, 1.54) is 10.7 Å². The lowest BCUT2D eigenvalue weighted by Gasteiger charge is -2.34. The Morgan fingerprint density at radius 1 is 1.18 bits per heavy atom. The van der Waals surface area contributed by atoms with Crippen LogP contribution in [0.3, 0.4) is 0 Å². The Hall–Kier alpha value is -4.14. The first kappa shape index (κ1) is 21.7. The van der Waals surface area contributed by atoms with E-state index in [9.17, 15) is 23.2 Å². The molecular weight excluding hydrogens is 449 g/mol. The fourth-order valence-electron chi connectivity index (χ4n) is 4.19. The zero-order valence-electron chi connectivity index (χ0n) is 17.8. The molecule has 34 heavy (non-hydrogen) atoms. The third-order valence-corrected chi connectivity index (χ3v) is 6.16. The molecule has 0 aromatic carbocycles. The molecule has 9 nitrogen and oxygen atoms in total. The van der Waals surface area contributed by atoms with Gasteiger partial charge in [-0.3, -0.25) is 9.78 Å². The van der Waals surface area contributed by atoms with Crippen LogP contribution in [0.2, 0.25) is 0 Å². The Bertz CT molecular complexity index is 1450. The van der Waals surface area contributed by atoms with E-state index in [2.05, 4.69) is 30.0 Å². The van der Waals surface area contributed by atoms with Crippen LogP contribution in [0.15, 0.2) is 41.6 Å². The summed E-state index contributed by atoms with van der Waals surface area (Å²) in [7, 11) is 0. The van der Waals surface area contributed by atoms with Crippen molar-refractivity contribution < 1.29 is 13.2 Å². The molecule has 0 saturated heterocycles. The summed E-state index contributed by atoms with van der Waals surface area (Å²) in [5.74, 6) is 0.975. The van der Waals surface area contributed by atoms with Crippen LogP contribution < -0.4 is 5.56 Å². The number of hydrogen-bond donors (Lipinski definition) is 1. The Labute approximate surface area is 190 Å². The van der Waals surface area contributed by atoms with Crippen LogP contribution in [-0.4, -0.2) is 34.7 Å². The topological polar surface area (TPSA) is 126 Å². The third-order valence-electron chi connectivity index (χ3n) is 6.16. The zero-order valence-corrected chi connectivity index (χ0v) is 17.8. The number of pyridine rings is 1. The number of hydrogen-bond acceptors (Lipinski definition) is 7. The first-order chi connectivity index (χ1) is 16.3. The zero-order chi connectivity index (χ0) is 24.0. The number of rotatable bonds is 4. The van der Waals surface area contributed by atoms with Gasteiger partial charge in [-0.25, -0.2) is 19.6 Å². The van der Waals surface area contributed by atoms with Crippen molar-refractivity contribution in [2.75, 3.05) is 0 Å². The van der Waals surface area contributed by atoms with Gasteiger partial charge in [-0.15, -0.1) is 0 Å². The minimum Gasteiger partial charge on any atom is -0.310 e. The number of alkyl halides is 3. The number of nitrogens with one attached hydrogen (secondary N) is 1. The van der Waals surface area contributed by atoms with E-state index >= 15 is 0 Å². The second kappa shape index (κ2) is 8.02. The van der Waals surface area contributed by atoms with Crippen LogP contribution in [0.4, 0.5) is 13.2 Å². The van der Waals surface area contributed by atoms with Gasteiger partial charge in [-0.05, 0) is 37.5 Å². The van der Waals surface area contributed by atoms with E-state index in [0.29, 0.717) is 17.2 Å². The largest absolute Gasteiger partial charge is 0.433 e. The summed E-state index contributed by atoms with van der Waals surface area (Å²) in [5, 5.41) is 13.8. The third kappa shape index (κ3) is 3.59. The lowest BCUT2D eigenvalue weighted by atomic mass is 9.72. The average molecular weight is 466 g/mol. The molecular formula is C22H17F3N8O. The molecule has 0 spiro atoms. The van der Waals surface area contributed by atoms with Crippen molar-refractivity contribution in [1.29, 1.82) is 5.26 Å². The van der Waals surface area contributed by atoms with Gasteiger partial charge in [0.25, 0.3) is 5.56 Å². The van der Waals surface area contributed by atoms with Gasteiger partial charge < -0.3 is 4.98 Å². The first-order valence-corrected chi connectivity index (χ1v) is 10.5. The predicted octanol–water partition coefficient (Wildman–Crippen LogP) is 3.47. The Morgan fingerprint density at radius 2 is 1.91 bits per heavy atom. The van der Waals surface area contributed by atoms with Gasteiger partial charge >= 0.3 is 6.18 Å². The minimum absolute atomic E-state index is 0.00912. The maximum Gasteiger partial charge on any atom is 0.433 e. The molecule has 3 atom stereocenters. The Balaban J connectivity index is 1.57. The summed E-state index contributed by atoms with van der Waals surface area (Å²) in [6.45, 7) is 1.68. The van der Waals surface area contributed by atoms with Crippen molar-refractivity contribution in [3.63, 3.8) is 0 Å². The summed E-state index contributed by atoms with van der Waals surface area (Å²) >= 11 is 0. The summed E-state index contributed by atoms with van der Waals surface area (Å²) < 4.78 is 40.0. The van der Waals surface area contributed by atoms with Crippen LogP contribution in [0.1, 0.15) is 66.2 Å². The van der Waals surface area contributed by atoms with Gasteiger partial charge in [-0.2, -0.15) is 23.5 Å². The van der Waals surface area contributed by atoms with E-state index < -0.39 is 23.5 Å². The maximum atomic E-state index is 12.9. The van der Waals surface area contributed by atoms with Gasteiger partial charge in [0.1, 0.15) is 28.8 Å². The van der Waals surface area contributed by atoms with Crippen molar-refractivity contribution in [1.82, 2.24) is 34.7 Å². The molecule has 0 unspecified atom stereocenters. The van der Waals surface area contributed by atoms with Crippen LogP contribution in [0, 0.1) is 11.3 Å². The fraction of sp³-hybridized carbons (Fsp3) is 0.318. The number of aromatic nitrogens is 7. The van der Waals surface area contributed by atoms with Gasteiger partial charge in [0.15, 0.2) is 11.3 Å². The van der Waals surface area contributed by atoms with E-state index in [-0.39, 0.29) is 28.6 Å². The number of H-pyrrole nitrogens is 1. The van der Waals surface area contributed by atoms with Crippen LogP contribution in [0.25, 0.3) is 11.0 Å². The Kier molecular flexibility index (Phi) is 5.11. The van der Waals surface area contributed by atoms with Gasteiger partial charge in [0, 0.05) is 30.4 Å². The molecule has 4 aromatic heterocycles. The second-order valence-corrected chi connectivity index (χ2v) is 8.10. The molecule has 5 rings (SSSR count). The van der Waals surface area contributed by atoms with Crippen molar-refractivity contribution in [3.8, 4) is 6.07 Å². The van der Waals surface area contributed by atoms with Gasteiger partial charge in [-0.1, -0.05) is 6.07 Å². The van der Waals surface area contributed by atoms with Crippen LogP contribution >= 0.6 is 0 Å². The molecule has 4 aromatic rings. The Morgan fingerprint density at radius 3 is 2.50 bits per heavy atom. The number of aromatic amines is 1. The summed E-state index contributed by atoms with van der Waals surface area (Å²) in [4.78, 5) is 32.5. The molecule has 0 amide bonds. The second-order valence-electron chi connectivity index (χ2n) is 8.10. The monoisotopic (exact) mass is 466 g/mol. The predicted molar refractivity (Wildman–Crippen MR) is 113 cm³/mol. The molecule has 12 heteroatoms. The molecule has 1 saturated carbocycles. The van der Waals surface area contributed by atoms with E-state index in [0.717, 1.165) is 25.1 Å². The molecule has 4 heterocycles. The molecule has 0 aliphatic heterocycles. The highest BCUT2D eigenvalue weighted by Gasteiger charge is 2.38. The molecule has 1 N–H and O–H groups in total. The molecule has 0 radical (unpaired) electrons. The highest BCUT2D eigenvalue weighted by Crippen LogP contribution is 2.46. The molecule has 1 aliphatic rings. The van der Waals surface area contributed by atoms with E-state index in [1.54, 1.807) is 25.4 Å². The van der Waals surface area contributed by atoms with Crippen molar-refractivity contribution in [2.24, 2.45) is 0 Å². The standard InChI is InChI=1S/C22H17F3N8O/c1-11(12-3-6-16(29-10-12)22(23,24)25)33-20-17(15(9-26)32-33)21(34)31-19(30-20)14-5-4-13(14)18-27-7-2-8-28-18/h2-3,6-8,10-11,13-14H,4-5H2,1H3,(H,30,31,34)/t11-,13+,14+/m0/s1. The normalized spacial score (nSPS) is 18.9. The summed E-state index contributed by atoms with van der Waals surface area (Å²) in [6, 6.07) is 5.17. The average Bonchev–Trinajstić information content (AvgIpc) is 3.17. The molecule has 1 aliphatic carbocycles. The minimum atomic E-state index is -4.56. The molecule has 1 fully saturated rings. The fourth-order valence-corrected chi connectivity index (χ4v) is 4.19. The van der Waals surface area contributed by atoms with Crippen molar-refractivity contribution >= 4 is 11.0 Å². The highest BCUT2D eigenvalue weighted by atomic mass is 19.4. The molecule has 0 bridgehead atoms. The van der Waals surface area contributed by atoms with Crippen LogP contribution in [-0.2, 0) is 6.18 Å². The maximum absolute atomic E-state index is 12.9. The number of nitrogens with zero attached hydrogens (tertiary/aromatic N) is 7. The summed E-state index contributed by atoms with van der Waals surface area (Å²) in [5.41, 5.74) is -1.02. The van der Waals surface area contributed by atoms with Gasteiger partial charge in [0.05, 0.1) is 6.04 Å².